The number of ether oxygens (including phenoxy) is 1. The van der Waals surface area contributed by atoms with Gasteiger partial charge in [-0.05, 0) is 105 Å². The van der Waals surface area contributed by atoms with Crippen LogP contribution in [0.15, 0.2) is 66.2 Å². The quantitative estimate of drug-likeness (QED) is 0.175. The van der Waals surface area contributed by atoms with E-state index in [1.807, 2.05) is 75.4 Å². The van der Waals surface area contributed by atoms with Crippen molar-refractivity contribution in [3.05, 3.63) is 94.1 Å². The Balaban J connectivity index is 1.92. The summed E-state index contributed by atoms with van der Waals surface area (Å²) >= 11 is 0. The first-order valence-corrected chi connectivity index (χ1v) is 14.1. The average Bonchev–Trinajstić information content (AvgIpc) is 3.21. The molecule has 6 nitrogen and oxygen atoms in total. The van der Waals surface area contributed by atoms with Gasteiger partial charge in [0.05, 0.1) is 18.2 Å². The predicted molar refractivity (Wildman–Crippen MR) is 162 cm³/mol. The summed E-state index contributed by atoms with van der Waals surface area (Å²) in [7, 11) is 0. The summed E-state index contributed by atoms with van der Waals surface area (Å²) in [5.41, 5.74) is 6.03. The Hall–Kier alpha value is -4.06. The summed E-state index contributed by atoms with van der Waals surface area (Å²) in [6.07, 6.45) is 0. The molecular formula is C34H40N2O4. The molecule has 1 heterocycles. The summed E-state index contributed by atoms with van der Waals surface area (Å²) in [5.74, 6) is -0.664. The van der Waals surface area contributed by atoms with E-state index in [2.05, 4.69) is 32.6 Å². The number of aryl methyl sites for hydroxylation is 2. The van der Waals surface area contributed by atoms with Gasteiger partial charge >= 0.3 is 0 Å². The van der Waals surface area contributed by atoms with E-state index in [1.54, 1.807) is 6.07 Å². The molecule has 0 aromatic heterocycles. The van der Waals surface area contributed by atoms with Crippen LogP contribution < -0.4 is 14.5 Å². The van der Waals surface area contributed by atoms with E-state index in [1.165, 1.54) is 4.90 Å². The molecular weight excluding hydrogens is 500 g/mol. The molecule has 0 aliphatic carbocycles. The van der Waals surface area contributed by atoms with Crippen molar-refractivity contribution in [1.29, 1.82) is 0 Å². The highest BCUT2D eigenvalue weighted by atomic mass is 16.5. The van der Waals surface area contributed by atoms with Crippen molar-refractivity contribution >= 4 is 28.8 Å². The van der Waals surface area contributed by atoms with Crippen molar-refractivity contribution in [1.82, 2.24) is 0 Å². The summed E-state index contributed by atoms with van der Waals surface area (Å²) in [4.78, 5) is 31.0. The van der Waals surface area contributed by atoms with Crippen molar-refractivity contribution in [2.75, 3.05) is 29.5 Å². The van der Waals surface area contributed by atoms with Crippen LogP contribution in [0, 0.1) is 13.8 Å². The lowest BCUT2D eigenvalue weighted by molar-refractivity contribution is -0.132. The molecule has 1 amide bonds. The van der Waals surface area contributed by atoms with Crippen molar-refractivity contribution in [2.45, 2.75) is 60.4 Å². The summed E-state index contributed by atoms with van der Waals surface area (Å²) in [6.45, 7) is 16.5. The second kappa shape index (κ2) is 12.0. The van der Waals surface area contributed by atoms with Gasteiger partial charge in [-0.3, -0.25) is 14.5 Å². The number of carbonyl (C=O) groups is 2. The van der Waals surface area contributed by atoms with Crippen molar-refractivity contribution < 1.29 is 19.4 Å². The molecule has 1 atom stereocenters. The predicted octanol–water partition coefficient (Wildman–Crippen LogP) is 7.30. The van der Waals surface area contributed by atoms with Crippen LogP contribution >= 0.6 is 0 Å². The van der Waals surface area contributed by atoms with E-state index >= 15 is 0 Å². The monoisotopic (exact) mass is 540 g/mol. The van der Waals surface area contributed by atoms with Crippen LogP contribution in [0.2, 0.25) is 0 Å². The fourth-order valence-electron chi connectivity index (χ4n) is 5.34. The number of nitrogens with zero attached hydrogens (tertiary/aromatic N) is 2. The second-order valence-corrected chi connectivity index (χ2v) is 10.5. The van der Waals surface area contributed by atoms with E-state index in [0.717, 1.165) is 46.8 Å². The first-order valence-electron chi connectivity index (χ1n) is 14.1. The smallest absolute Gasteiger partial charge is 0.300 e. The zero-order valence-corrected chi connectivity index (χ0v) is 24.6. The summed E-state index contributed by atoms with van der Waals surface area (Å²) in [5, 5.41) is 11.7. The number of amides is 1. The molecule has 0 spiro atoms. The molecule has 1 aliphatic rings. The van der Waals surface area contributed by atoms with Crippen molar-refractivity contribution in [2.24, 2.45) is 0 Å². The van der Waals surface area contributed by atoms with Crippen LogP contribution in [-0.2, 0) is 9.59 Å². The van der Waals surface area contributed by atoms with Gasteiger partial charge in [-0.15, -0.1) is 0 Å². The van der Waals surface area contributed by atoms with Crippen molar-refractivity contribution in [3.63, 3.8) is 0 Å². The van der Waals surface area contributed by atoms with Crippen LogP contribution in [0.1, 0.15) is 74.4 Å². The topological polar surface area (TPSA) is 70.1 Å². The first-order chi connectivity index (χ1) is 19.1. The van der Waals surface area contributed by atoms with Gasteiger partial charge in [-0.25, -0.2) is 0 Å². The fraction of sp³-hybridized carbons (Fsp3) is 0.353. The van der Waals surface area contributed by atoms with Gasteiger partial charge in [-0.2, -0.15) is 0 Å². The maximum atomic E-state index is 13.7. The van der Waals surface area contributed by atoms with Crippen molar-refractivity contribution in [3.8, 4) is 5.75 Å². The van der Waals surface area contributed by atoms with Crippen LogP contribution in [0.25, 0.3) is 5.76 Å². The maximum Gasteiger partial charge on any atom is 0.300 e. The van der Waals surface area contributed by atoms with Gasteiger partial charge in [-0.1, -0.05) is 32.0 Å². The summed E-state index contributed by atoms with van der Waals surface area (Å²) < 4.78 is 5.80. The van der Waals surface area contributed by atoms with Gasteiger partial charge in [0, 0.05) is 30.0 Å². The third kappa shape index (κ3) is 5.35. The lowest BCUT2D eigenvalue weighted by Gasteiger charge is -2.27. The van der Waals surface area contributed by atoms with Crippen LogP contribution in [0.3, 0.4) is 0 Å². The Morgan fingerprint density at radius 1 is 0.925 bits per heavy atom. The third-order valence-electron chi connectivity index (χ3n) is 7.76. The molecule has 4 rings (SSSR count). The number of rotatable bonds is 9. The van der Waals surface area contributed by atoms with E-state index in [9.17, 15) is 14.7 Å². The second-order valence-electron chi connectivity index (χ2n) is 10.5. The highest BCUT2D eigenvalue weighted by Crippen LogP contribution is 2.43. The highest BCUT2D eigenvalue weighted by Gasteiger charge is 2.47. The Morgan fingerprint density at radius 3 is 2.17 bits per heavy atom. The molecule has 1 fully saturated rings. The van der Waals surface area contributed by atoms with Crippen LogP contribution in [0.5, 0.6) is 5.75 Å². The minimum absolute atomic E-state index is 0.0812. The van der Waals surface area contributed by atoms with Gasteiger partial charge in [0.1, 0.15) is 11.5 Å². The van der Waals surface area contributed by atoms with E-state index in [-0.39, 0.29) is 17.3 Å². The molecule has 1 unspecified atom stereocenters. The lowest BCUT2D eigenvalue weighted by Crippen LogP contribution is -2.29. The largest absolute Gasteiger partial charge is 0.507 e. The van der Waals surface area contributed by atoms with E-state index in [0.29, 0.717) is 17.9 Å². The first kappa shape index (κ1) is 28.9. The molecule has 3 aromatic carbocycles. The number of carbonyl (C=O) groups excluding carboxylic acids is 2. The van der Waals surface area contributed by atoms with Gasteiger partial charge in [0.25, 0.3) is 11.7 Å². The number of aliphatic hydroxyl groups is 1. The number of Topliss-reactive ketones (excluding diaryl/α,β-unsaturated/α-hetero) is 1. The normalized spacial score (nSPS) is 16.6. The number of benzene rings is 3. The molecule has 1 N–H and O–H groups in total. The standard InChI is InChI=1S/C34H40N2O4/c1-8-35(9-2)26-16-12-24(13-17-26)31-30(32(37)25-14-18-29(40-10-3)28(20-25)21(4)5)33(38)34(39)36(31)27-15-11-22(6)23(7)19-27/h11-21,31,37H,8-10H2,1-7H3/b32-30-. The summed E-state index contributed by atoms with van der Waals surface area (Å²) in [6, 6.07) is 18.3. The number of hydrogen-bond donors (Lipinski definition) is 1. The Bertz CT molecular complexity index is 1430. The number of anilines is 2. The number of hydrogen-bond acceptors (Lipinski definition) is 5. The number of aliphatic hydroxyl groups excluding tert-OH is 1. The lowest BCUT2D eigenvalue weighted by atomic mass is 9.93. The Kier molecular flexibility index (Phi) is 8.67. The average molecular weight is 541 g/mol. The highest BCUT2D eigenvalue weighted by molar-refractivity contribution is 6.51. The molecule has 210 valence electrons. The number of ketones is 1. The zero-order valence-electron chi connectivity index (χ0n) is 24.6. The molecule has 0 radical (unpaired) electrons. The molecule has 0 bridgehead atoms. The molecule has 0 saturated carbocycles. The molecule has 6 heteroatoms. The third-order valence-corrected chi connectivity index (χ3v) is 7.76. The molecule has 1 aliphatic heterocycles. The molecule has 1 saturated heterocycles. The Labute approximate surface area is 237 Å². The van der Waals surface area contributed by atoms with Crippen LogP contribution in [-0.4, -0.2) is 36.5 Å². The molecule has 40 heavy (non-hydrogen) atoms. The van der Waals surface area contributed by atoms with Gasteiger partial charge in [0.15, 0.2) is 0 Å². The zero-order chi connectivity index (χ0) is 29.1. The minimum Gasteiger partial charge on any atom is -0.507 e. The van der Waals surface area contributed by atoms with Crippen LogP contribution in [0.4, 0.5) is 11.4 Å². The van der Waals surface area contributed by atoms with Gasteiger partial charge < -0.3 is 14.7 Å². The van der Waals surface area contributed by atoms with E-state index in [4.69, 9.17) is 4.74 Å². The SMILES string of the molecule is CCOc1ccc(/C(O)=C2/C(=O)C(=O)N(c3ccc(C)c(C)c3)C2c2ccc(N(CC)CC)cc2)cc1C(C)C. The minimum atomic E-state index is -0.776. The van der Waals surface area contributed by atoms with Gasteiger partial charge in [0.2, 0.25) is 0 Å². The Morgan fingerprint density at radius 2 is 1.60 bits per heavy atom. The molecule has 3 aromatic rings. The van der Waals surface area contributed by atoms with E-state index < -0.39 is 17.7 Å². The fourth-order valence-corrected chi connectivity index (χ4v) is 5.34. The maximum absolute atomic E-state index is 13.7.